The summed E-state index contributed by atoms with van der Waals surface area (Å²) in [5.74, 6) is -1.68. The summed E-state index contributed by atoms with van der Waals surface area (Å²) in [6.07, 6.45) is 1.57. The van der Waals surface area contributed by atoms with Crippen molar-refractivity contribution in [3.8, 4) is 0 Å². The lowest BCUT2D eigenvalue weighted by Gasteiger charge is -2.31. The van der Waals surface area contributed by atoms with E-state index in [0.717, 1.165) is 12.8 Å². The third-order valence-corrected chi connectivity index (χ3v) is 3.69. The highest BCUT2D eigenvalue weighted by molar-refractivity contribution is 5.77. The first-order valence-electron chi connectivity index (χ1n) is 7.03. The van der Waals surface area contributed by atoms with Crippen LogP contribution in [0.3, 0.4) is 0 Å². The second-order valence-corrected chi connectivity index (χ2v) is 4.93. The third kappa shape index (κ3) is 4.08. The number of carbonyl (C=O) groups is 2. The van der Waals surface area contributed by atoms with Gasteiger partial charge in [-0.25, -0.2) is 4.79 Å². The number of aliphatic hydroxyl groups is 1. The van der Waals surface area contributed by atoms with Crippen LogP contribution in [0, 0.1) is 5.92 Å². The molecule has 1 aliphatic rings. The standard InChI is InChI=1S/C13H24N2O5/c1-3-9(4-2)15(5-6-16)13(19)14-11-8-20-7-10(11)12(17)18/h9-11,16H,3-8H2,1-2H3,(H,14,19)(H,17,18). The van der Waals surface area contributed by atoms with Crippen molar-refractivity contribution in [3.05, 3.63) is 0 Å². The quantitative estimate of drug-likeness (QED) is 0.625. The van der Waals surface area contributed by atoms with Crippen LogP contribution in [0.25, 0.3) is 0 Å². The molecule has 0 aromatic carbocycles. The van der Waals surface area contributed by atoms with Crippen LogP contribution < -0.4 is 5.32 Å². The van der Waals surface area contributed by atoms with Crippen molar-refractivity contribution in [3.63, 3.8) is 0 Å². The number of carboxylic acid groups (broad SMARTS) is 1. The van der Waals surface area contributed by atoms with Gasteiger partial charge in [-0.05, 0) is 12.8 Å². The maximum atomic E-state index is 12.3. The Kier molecular flexibility index (Phi) is 6.74. The first kappa shape index (κ1) is 16.7. The van der Waals surface area contributed by atoms with E-state index in [0.29, 0.717) is 0 Å². The fourth-order valence-electron chi connectivity index (χ4n) is 2.47. The molecule has 0 aromatic rings. The first-order chi connectivity index (χ1) is 9.54. The molecule has 1 saturated heterocycles. The Hall–Kier alpha value is -1.34. The second-order valence-electron chi connectivity index (χ2n) is 4.93. The topological polar surface area (TPSA) is 99.1 Å². The van der Waals surface area contributed by atoms with Gasteiger partial charge >= 0.3 is 12.0 Å². The maximum absolute atomic E-state index is 12.3. The van der Waals surface area contributed by atoms with Crippen LogP contribution in [0.1, 0.15) is 26.7 Å². The van der Waals surface area contributed by atoms with Gasteiger partial charge in [0.25, 0.3) is 0 Å². The fraction of sp³-hybridized carbons (Fsp3) is 0.846. The number of ether oxygens (including phenoxy) is 1. The van der Waals surface area contributed by atoms with E-state index in [1.165, 1.54) is 0 Å². The largest absolute Gasteiger partial charge is 0.481 e. The number of urea groups is 1. The Labute approximate surface area is 118 Å². The molecule has 7 nitrogen and oxygen atoms in total. The molecule has 116 valence electrons. The number of rotatable bonds is 7. The molecule has 0 saturated carbocycles. The van der Waals surface area contributed by atoms with Crippen molar-refractivity contribution in [1.82, 2.24) is 10.2 Å². The number of aliphatic carboxylic acids is 1. The van der Waals surface area contributed by atoms with E-state index in [1.54, 1.807) is 4.90 Å². The third-order valence-electron chi connectivity index (χ3n) is 3.69. The summed E-state index contributed by atoms with van der Waals surface area (Å²) in [5, 5.41) is 20.9. The smallest absolute Gasteiger partial charge is 0.318 e. The van der Waals surface area contributed by atoms with Gasteiger partial charge in [-0.1, -0.05) is 13.8 Å². The van der Waals surface area contributed by atoms with Gasteiger partial charge in [0.2, 0.25) is 0 Å². The highest BCUT2D eigenvalue weighted by Crippen LogP contribution is 2.15. The fourth-order valence-corrected chi connectivity index (χ4v) is 2.47. The van der Waals surface area contributed by atoms with Gasteiger partial charge < -0.3 is 25.2 Å². The normalized spacial score (nSPS) is 22.0. The molecule has 0 aromatic heterocycles. The molecular formula is C13H24N2O5. The number of hydrogen-bond donors (Lipinski definition) is 3. The van der Waals surface area contributed by atoms with Crippen molar-refractivity contribution in [2.75, 3.05) is 26.4 Å². The number of nitrogens with one attached hydrogen (secondary N) is 1. The number of hydrogen-bond acceptors (Lipinski definition) is 4. The van der Waals surface area contributed by atoms with E-state index in [2.05, 4.69) is 5.32 Å². The minimum Gasteiger partial charge on any atom is -0.481 e. The highest BCUT2D eigenvalue weighted by Gasteiger charge is 2.36. The molecule has 1 rings (SSSR count). The van der Waals surface area contributed by atoms with Gasteiger partial charge in [-0.15, -0.1) is 0 Å². The summed E-state index contributed by atoms with van der Waals surface area (Å²) in [6.45, 7) is 4.40. The molecule has 1 fully saturated rings. The van der Waals surface area contributed by atoms with Crippen LogP contribution in [0.15, 0.2) is 0 Å². The van der Waals surface area contributed by atoms with Gasteiger partial charge in [-0.3, -0.25) is 4.79 Å². The summed E-state index contributed by atoms with van der Waals surface area (Å²) < 4.78 is 5.12. The number of aliphatic hydroxyl groups excluding tert-OH is 1. The maximum Gasteiger partial charge on any atom is 0.318 e. The Bertz CT molecular complexity index is 333. The molecule has 2 unspecified atom stereocenters. The minimum atomic E-state index is -0.968. The lowest BCUT2D eigenvalue weighted by molar-refractivity contribution is -0.142. The van der Waals surface area contributed by atoms with Gasteiger partial charge in [-0.2, -0.15) is 0 Å². The van der Waals surface area contributed by atoms with Crippen LogP contribution >= 0.6 is 0 Å². The van der Waals surface area contributed by atoms with Crippen molar-refractivity contribution in [1.29, 1.82) is 0 Å². The van der Waals surface area contributed by atoms with Crippen molar-refractivity contribution in [2.45, 2.75) is 38.8 Å². The molecule has 1 heterocycles. The molecular weight excluding hydrogens is 264 g/mol. The van der Waals surface area contributed by atoms with E-state index in [1.807, 2.05) is 13.8 Å². The summed E-state index contributed by atoms with van der Waals surface area (Å²) in [4.78, 5) is 24.9. The SMILES string of the molecule is CCC(CC)N(CCO)C(=O)NC1COCC1C(=O)O. The molecule has 7 heteroatoms. The van der Waals surface area contributed by atoms with Crippen molar-refractivity contribution >= 4 is 12.0 Å². The Balaban J connectivity index is 2.68. The summed E-state index contributed by atoms with van der Waals surface area (Å²) in [5.41, 5.74) is 0. The Morgan fingerprint density at radius 1 is 1.35 bits per heavy atom. The first-order valence-corrected chi connectivity index (χ1v) is 7.03. The summed E-state index contributed by atoms with van der Waals surface area (Å²) in [7, 11) is 0. The van der Waals surface area contributed by atoms with Crippen molar-refractivity contribution in [2.24, 2.45) is 5.92 Å². The minimum absolute atomic E-state index is 0.0350. The predicted molar refractivity (Wildman–Crippen MR) is 72.4 cm³/mol. The molecule has 2 amide bonds. The van der Waals surface area contributed by atoms with Crippen LogP contribution in [-0.4, -0.2) is 65.6 Å². The second kappa shape index (κ2) is 8.06. The van der Waals surface area contributed by atoms with Crippen LogP contribution in [0.5, 0.6) is 0 Å². The van der Waals surface area contributed by atoms with E-state index in [9.17, 15) is 9.59 Å². The van der Waals surface area contributed by atoms with E-state index >= 15 is 0 Å². The van der Waals surface area contributed by atoms with Crippen molar-refractivity contribution < 1.29 is 24.5 Å². The molecule has 3 N–H and O–H groups in total. The van der Waals surface area contributed by atoms with E-state index in [-0.39, 0.29) is 38.4 Å². The molecule has 0 aliphatic carbocycles. The number of nitrogens with zero attached hydrogens (tertiary/aromatic N) is 1. The van der Waals surface area contributed by atoms with E-state index in [4.69, 9.17) is 14.9 Å². The lowest BCUT2D eigenvalue weighted by Crippen LogP contribution is -2.52. The molecule has 0 bridgehead atoms. The molecule has 0 spiro atoms. The number of carboxylic acids is 1. The van der Waals surface area contributed by atoms with Gasteiger partial charge in [0, 0.05) is 12.6 Å². The summed E-state index contributed by atoms with van der Waals surface area (Å²) >= 11 is 0. The van der Waals surface area contributed by atoms with Crippen LogP contribution in [0.2, 0.25) is 0 Å². The number of carbonyl (C=O) groups excluding carboxylic acids is 1. The average molecular weight is 288 g/mol. The van der Waals surface area contributed by atoms with Crippen LogP contribution in [-0.2, 0) is 9.53 Å². The zero-order chi connectivity index (χ0) is 15.1. The molecule has 0 radical (unpaired) electrons. The van der Waals surface area contributed by atoms with Gasteiger partial charge in [0.1, 0.15) is 5.92 Å². The summed E-state index contributed by atoms with van der Waals surface area (Å²) in [6, 6.07) is -0.821. The van der Waals surface area contributed by atoms with Gasteiger partial charge in [0.15, 0.2) is 0 Å². The predicted octanol–water partition coefficient (Wildman–Crippen LogP) is 0.279. The molecule has 20 heavy (non-hydrogen) atoms. The molecule has 1 aliphatic heterocycles. The molecule has 2 atom stereocenters. The Morgan fingerprint density at radius 2 is 2.00 bits per heavy atom. The van der Waals surface area contributed by atoms with Gasteiger partial charge in [0.05, 0.1) is 25.9 Å². The number of amides is 2. The monoisotopic (exact) mass is 288 g/mol. The van der Waals surface area contributed by atoms with E-state index < -0.39 is 17.9 Å². The zero-order valence-corrected chi connectivity index (χ0v) is 12.0. The zero-order valence-electron chi connectivity index (χ0n) is 12.0. The highest BCUT2D eigenvalue weighted by atomic mass is 16.5. The lowest BCUT2D eigenvalue weighted by atomic mass is 10.0. The Morgan fingerprint density at radius 3 is 2.50 bits per heavy atom. The average Bonchev–Trinajstić information content (AvgIpc) is 2.87. The van der Waals surface area contributed by atoms with Crippen LogP contribution in [0.4, 0.5) is 4.79 Å².